The molecule has 2 saturated heterocycles. The minimum Gasteiger partial charge on any atom is -0.400 e. The van der Waals surface area contributed by atoms with E-state index >= 15 is 0 Å². The fourth-order valence-corrected chi connectivity index (χ4v) is 2.91. The van der Waals surface area contributed by atoms with E-state index in [0.29, 0.717) is 19.5 Å². The summed E-state index contributed by atoms with van der Waals surface area (Å²) in [5.41, 5.74) is 0.227. The van der Waals surface area contributed by atoms with E-state index in [1.165, 1.54) is 4.90 Å². The number of carbonyl (C=O) groups excluding carboxylic acids is 1. The molecule has 0 spiro atoms. The number of urea groups is 1. The molecule has 5 nitrogen and oxygen atoms in total. The molecule has 3 rings (SSSR count). The highest BCUT2D eigenvalue weighted by molar-refractivity contribution is 6.54. The van der Waals surface area contributed by atoms with Gasteiger partial charge in [0.1, 0.15) is 0 Å². The summed E-state index contributed by atoms with van der Waals surface area (Å²) in [6, 6.07) is -0.319. The smallest absolute Gasteiger partial charge is 0.400 e. The second-order valence-corrected chi connectivity index (χ2v) is 7.56. The first-order valence-electron chi connectivity index (χ1n) is 7.97. The van der Waals surface area contributed by atoms with E-state index in [9.17, 15) is 13.6 Å². The Hall–Kier alpha value is -1.15. The van der Waals surface area contributed by atoms with Crippen molar-refractivity contribution in [1.82, 2.24) is 9.80 Å². The van der Waals surface area contributed by atoms with Gasteiger partial charge in [0.2, 0.25) is 0 Å². The lowest BCUT2D eigenvalue weighted by molar-refractivity contribution is -0.113. The zero-order valence-electron chi connectivity index (χ0n) is 14.1. The molecule has 3 aliphatic heterocycles. The summed E-state index contributed by atoms with van der Waals surface area (Å²) in [6.07, 6.45) is 2.55. The standard InChI is InChI=1S/C15H23BF2N2O3/c1-13(2)14(3,4)23-16(22-13)11-5-7-19(8-6-11)12(21)20-9-15(17,18)10-20/h5H,6-10H2,1-4H3. The lowest BCUT2D eigenvalue weighted by atomic mass is 9.75. The Balaban J connectivity index is 1.58. The van der Waals surface area contributed by atoms with Crippen molar-refractivity contribution >= 4 is 13.1 Å². The van der Waals surface area contributed by atoms with Crippen molar-refractivity contribution in [2.45, 2.75) is 51.2 Å². The lowest BCUT2D eigenvalue weighted by Gasteiger charge is -2.42. The SMILES string of the molecule is CC1(C)OB(C2=CCN(C(=O)N3CC(F)(F)C3)CC2)OC1(C)C. The van der Waals surface area contributed by atoms with Crippen LogP contribution in [-0.2, 0) is 9.31 Å². The van der Waals surface area contributed by atoms with Gasteiger partial charge in [0.05, 0.1) is 24.3 Å². The summed E-state index contributed by atoms with van der Waals surface area (Å²) in [5.74, 6) is -2.73. The van der Waals surface area contributed by atoms with Crippen LogP contribution in [0.3, 0.4) is 0 Å². The van der Waals surface area contributed by atoms with Crippen LogP contribution in [0, 0.1) is 0 Å². The predicted molar refractivity (Wildman–Crippen MR) is 82.3 cm³/mol. The summed E-state index contributed by atoms with van der Waals surface area (Å²) in [6.45, 7) is 7.93. The van der Waals surface area contributed by atoms with E-state index in [-0.39, 0.29) is 6.03 Å². The molecular weight excluding hydrogens is 305 g/mol. The van der Waals surface area contributed by atoms with Gasteiger partial charge in [-0.05, 0) is 39.6 Å². The molecule has 0 bridgehead atoms. The fraction of sp³-hybridized carbons (Fsp3) is 0.800. The van der Waals surface area contributed by atoms with Gasteiger partial charge in [-0.25, -0.2) is 13.6 Å². The molecule has 0 saturated carbocycles. The highest BCUT2D eigenvalue weighted by atomic mass is 19.3. The first-order chi connectivity index (χ1) is 10.5. The summed E-state index contributed by atoms with van der Waals surface area (Å²) in [5, 5.41) is 0. The molecule has 3 aliphatic rings. The summed E-state index contributed by atoms with van der Waals surface area (Å²) in [4.78, 5) is 14.9. The molecule has 0 aromatic rings. The number of rotatable bonds is 1. The van der Waals surface area contributed by atoms with Gasteiger partial charge in [-0.2, -0.15) is 0 Å². The van der Waals surface area contributed by atoms with Crippen LogP contribution in [0.25, 0.3) is 0 Å². The van der Waals surface area contributed by atoms with Crippen molar-refractivity contribution < 1.29 is 22.9 Å². The van der Waals surface area contributed by atoms with Gasteiger partial charge in [0.25, 0.3) is 5.92 Å². The van der Waals surface area contributed by atoms with Gasteiger partial charge >= 0.3 is 13.1 Å². The average Bonchev–Trinajstić information content (AvgIpc) is 2.64. The molecule has 0 aromatic heterocycles. The molecule has 23 heavy (non-hydrogen) atoms. The van der Waals surface area contributed by atoms with E-state index in [1.54, 1.807) is 4.90 Å². The summed E-state index contributed by atoms with van der Waals surface area (Å²) < 4.78 is 37.7. The van der Waals surface area contributed by atoms with Crippen LogP contribution >= 0.6 is 0 Å². The quantitative estimate of drug-likeness (QED) is 0.694. The van der Waals surface area contributed by atoms with Crippen molar-refractivity contribution in [3.05, 3.63) is 11.5 Å². The van der Waals surface area contributed by atoms with Crippen molar-refractivity contribution in [2.24, 2.45) is 0 Å². The molecule has 0 unspecified atom stereocenters. The molecule has 2 fully saturated rings. The van der Waals surface area contributed by atoms with Crippen LogP contribution in [-0.4, -0.2) is 66.3 Å². The van der Waals surface area contributed by atoms with Gasteiger partial charge in [-0.15, -0.1) is 0 Å². The van der Waals surface area contributed by atoms with Crippen LogP contribution in [0.15, 0.2) is 11.5 Å². The first-order valence-corrected chi connectivity index (χ1v) is 7.97. The third-order valence-electron chi connectivity index (χ3n) is 5.19. The van der Waals surface area contributed by atoms with Gasteiger partial charge in [-0.3, -0.25) is 0 Å². The van der Waals surface area contributed by atoms with Crippen molar-refractivity contribution in [2.75, 3.05) is 26.2 Å². The van der Waals surface area contributed by atoms with E-state index in [1.807, 2.05) is 33.8 Å². The molecule has 128 valence electrons. The number of alkyl halides is 2. The molecule has 0 aliphatic carbocycles. The molecule has 0 radical (unpaired) electrons. The number of carbonyl (C=O) groups is 1. The van der Waals surface area contributed by atoms with Gasteiger partial charge in [0.15, 0.2) is 0 Å². The predicted octanol–water partition coefficient (Wildman–Crippen LogP) is 2.32. The highest BCUT2D eigenvalue weighted by Crippen LogP contribution is 2.39. The molecule has 8 heteroatoms. The van der Waals surface area contributed by atoms with E-state index in [4.69, 9.17) is 9.31 Å². The zero-order chi connectivity index (χ0) is 17.0. The molecule has 3 heterocycles. The topological polar surface area (TPSA) is 42.0 Å². The fourth-order valence-electron chi connectivity index (χ4n) is 2.91. The normalized spacial score (nSPS) is 28.4. The molecule has 2 amide bonds. The van der Waals surface area contributed by atoms with Crippen molar-refractivity contribution in [1.29, 1.82) is 0 Å². The maximum atomic E-state index is 12.9. The van der Waals surface area contributed by atoms with Crippen LogP contribution < -0.4 is 0 Å². The van der Waals surface area contributed by atoms with Gasteiger partial charge in [0, 0.05) is 13.1 Å². The minimum absolute atomic E-state index is 0.319. The van der Waals surface area contributed by atoms with Gasteiger partial charge < -0.3 is 19.1 Å². The zero-order valence-corrected chi connectivity index (χ0v) is 14.1. The Morgan fingerprint density at radius 2 is 1.70 bits per heavy atom. The van der Waals surface area contributed by atoms with Crippen LogP contribution in [0.1, 0.15) is 34.1 Å². The third kappa shape index (κ3) is 2.98. The molecule has 0 aromatic carbocycles. The highest BCUT2D eigenvalue weighted by Gasteiger charge is 2.53. The summed E-state index contributed by atoms with van der Waals surface area (Å²) >= 11 is 0. The minimum atomic E-state index is -2.73. The summed E-state index contributed by atoms with van der Waals surface area (Å²) in [7, 11) is -0.398. The monoisotopic (exact) mass is 328 g/mol. The second-order valence-electron chi connectivity index (χ2n) is 7.56. The Labute approximate surface area is 135 Å². The Morgan fingerprint density at radius 1 is 1.13 bits per heavy atom. The van der Waals surface area contributed by atoms with Crippen LogP contribution in [0.4, 0.5) is 13.6 Å². The van der Waals surface area contributed by atoms with Gasteiger partial charge in [-0.1, -0.05) is 6.08 Å². The van der Waals surface area contributed by atoms with Crippen LogP contribution in [0.2, 0.25) is 0 Å². The van der Waals surface area contributed by atoms with Crippen molar-refractivity contribution in [3.63, 3.8) is 0 Å². The first kappa shape index (κ1) is 16.7. The number of nitrogens with zero attached hydrogens (tertiary/aromatic N) is 2. The Bertz CT molecular complexity index is 527. The maximum absolute atomic E-state index is 12.9. The second kappa shape index (κ2) is 5.18. The van der Waals surface area contributed by atoms with E-state index < -0.39 is 37.3 Å². The Kier molecular flexibility index (Phi) is 3.76. The number of amides is 2. The number of likely N-dealkylation sites (tertiary alicyclic amines) is 1. The van der Waals surface area contributed by atoms with E-state index in [0.717, 1.165) is 5.47 Å². The number of hydrogen-bond donors (Lipinski definition) is 0. The maximum Gasteiger partial charge on any atom is 0.490 e. The largest absolute Gasteiger partial charge is 0.490 e. The Morgan fingerprint density at radius 3 is 2.13 bits per heavy atom. The number of hydrogen-bond acceptors (Lipinski definition) is 3. The average molecular weight is 328 g/mol. The van der Waals surface area contributed by atoms with Crippen LogP contribution in [0.5, 0.6) is 0 Å². The molecular formula is C15H23BF2N2O3. The molecule has 0 atom stereocenters. The van der Waals surface area contributed by atoms with E-state index in [2.05, 4.69) is 0 Å². The third-order valence-corrected chi connectivity index (χ3v) is 5.19. The van der Waals surface area contributed by atoms with Crippen molar-refractivity contribution in [3.8, 4) is 0 Å². The number of halogens is 2. The lowest BCUT2D eigenvalue weighted by Crippen LogP contribution is -2.61. The molecule has 0 N–H and O–H groups in total.